The van der Waals surface area contributed by atoms with Crippen LogP contribution in [0, 0.1) is 24.7 Å². The number of amides is 1. The van der Waals surface area contributed by atoms with Crippen molar-refractivity contribution < 1.29 is 4.79 Å². The van der Waals surface area contributed by atoms with Crippen molar-refractivity contribution in [3.63, 3.8) is 0 Å². The van der Waals surface area contributed by atoms with Crippen LogP contribution in [0.25, 0.3) is 0 Å². The highest BCUT2D eigenvalue weighted by Gasteiger charge is 2.50. The molecule has 2 aromatic rings. The number of thioether (sulfide) groups is 1. The molecule has 2 unspecified atom stereocenters. The Balaban J connectivity index is 1.34. The first-order valence-electron chi connectivity index (χ1n) is 10.2. The minimum absolute atomic E-state index is 0.236. The van der Waals surface area contributed by atoms with Crippen molar-refractivity contribution in [3.05, 3.63) is 29.3 Å². The average molecular weight is 431 g/mol. The summed E-state index contributed by atoms with van der Waals surface area (Å²) in [7, 11) is 0. The smallest absolute Gasteiger partial charge is 0.233 e. The van der Waals surface area contributed by atoms with Gasteiger partial charge in [0.2, 0.25) is 11.0 Å². The predicted octanol–water partition coefficient (Wildman–Crippen LogP) is 5.42. The summed E-state index contributed by atoms with van der Waals surface area (Å²) in [4.78, 5) is 15.1. The van der Waals surface area contributed by atoms with Gasteiger partial charge in [-0.25, -0.2) is 0 Å². The molecule has 4 rings (SSSR count). The molecule has 156 valence electrons. The van der Waals surface area contributed by atoms with E-state index in [9.17, 15) is 4.79 Å². The Hall–Kier alpha value is -1.60. The summed E-state index contributed by atoms with van der Waals surface area (Å²) in [6, 6.07) is 6.66. The van der Waals surface area contributed by atoms with E-state index in [0.29, 0.717) is 17.2 Å². The average Bonchev–Trinajstić information content (AvgIpc) is 3.16. The van der Waals surface area contributed by atoms with E-state index in [2.05, 4.69) is 67.2 Å². The number of aryl methyl sites for hydroxylation is 2. The minimum atomic E-state index is 0.236. The van der Waals surface area contributed by atoms with Crippen LogP contribution in [0.5, 0.6) is 0 Å². The molecule has 2 heterocycles. The van der Waals surface area contributed by atoms with Crippen molar-refractivity contribution >= 4 is 39.8 Å². The molecule has 2 aliphatic rings. The normalized spacial score (nSPS) is 25.3. The number of benzene rings is 1. The van der Waals surface area contributed by atoms with Gasteiger partial charge in [0.25, 0.3) is 0 Å². The summed E-state index contributed by atoms with van der Waals surface area (Å²) >= 11 is 3.00. The maximum absolute atomic E-state index is 12.9. The lowest BCUT2D eigenvalue weighted by atomic mass is 9.65. The van der Waals surface area contributed by atoms with Crippen LogP contribution >= 0.6 is 23.1 Å². The van der Waals surface area contributed by atoms with Gasteiger partial charge in [-0.3, -0.25) is 4.79 Å². The van der Waals surface area contributed by atoms with Crippen molar-refractivity contribution in [1.82, 2.24) is 15.1 Å². The molecular formula is C22H30N4OS2. The van der Waals surface area contributed by atoms with Crippen molar-refractivity contribution in [2.45, 2.75) is 64.3 Å². The maximum Gasteiger partial charge on any atom is 0.233 e. The minimum Gasteiger partial charge on any atom is -0.338 e. The Labute approximate surface area is 181 Å². The van der Waals surface area contributed by atoms with Gasteiger partial charge in [0, 0.05) is 18.3 Å². The van der Waals surface area contributed by atoms with Crippen LogP contribution in [0.1, 0.15) is 51.2 Å². The number of likely N-dealkylation sites (tertiary alicyclic amines) is 1. The maximum atomic E-state index is 12.9. The molecule has 0 spiro atoms. The third kappa shape index (κ3) is 4.61. The van der Waals surface area contributed by atoms with Crippen molar-refractivity contribution in [2.24, 2.45) is 10.8 Å². The number of rotatable bonds is 5. The molecule has 0 radical (unpaired) electrons. The molecule has 1 aromatic heterocycles. The number of aromatic nitrogens is 2. The van der Waals surface area contributed by atoms with Gasteiger partial charge in [0.15, 0.2) is 4.34 Å². The van der Waals surface area contributed by atoms with Gasteiger partial charge >= 0.3 is 0 Å². The standard InChI is InChI=1S/C22H30N4OS2/c1-14-6-7-16(8-15(14)2)23-19-24-25-20(29-19)28-11-18(27)26-13-22(5)10-17(26)9-21(3,4)12-22/h6-8,17H,9-13H2,1-5H3,(H,23,24). The summed E-state index contributed by atoms with van der Waals surface area (Å²) in [5, 5.41) is 12.6. The predicted molar refractivity (Wildman–Crippen MR) is 121 cm³/mol. The van der Waals surface area contributed by atoms with Gasteiger partial charge in [0.1, 0.15) is 0 Å². The second-order valence-corrected chi connectivity index (χ2v) is 12.0. The van der Waals surface area contributed by atoms with E-state index in [4.69, 9.17) is 0 Å². The van der Waals surface area contributed by atoms with Crippen molar-refractivity contribution in [2.75, 3.05) is 17.6 Å². The second-order valence-electron chi connectivity index (χ2n) is 9.82. The van der Waals surface area contributed by atoms with Gasteiger partial charge in [-0.2, -0.15) is 0 Å². The zero-order valence-electron chi connectivity index (χ0n) is 17.9. The van der Waals surface area contributed by atoms with Gasteiger partial charge in [0.05, 0.1) is 5.75 Å². The van der Waals surface area contributed by atoms with Crippen LogP contribution in [-0.4, -0.2) is 39.3 Å². The summed E-state index contributed by atoms with van der Waals surface area (Å²) in [6.45, 7) is 12.1. The summed E-state index contributed by atoms with van der Waals surface area (Å²) in [5.74, 6) is 0.672. The molecule has 1 saturated carbocycles. The fourth-order valence-electron chi connectivity index (χ4n) is 5.22. The van der Waals surface area contributed by atoms with Gasteiger partial charge < -0.3 is 10.2 Å². The molecule has 2 fully saturated rings. The van der Waals surface area contributed by atoms with E-state index in [-0.39, 0.29) is 11.3 Å². The fraction of sp³-hybridized carbons (Fsp3) is 0.591. The van der Waals surface area contributed by atoms with Crippen LogP contribution in [0.2, 0.25) is 0 Å². The Morgan fingerprint density at radius 3 is 2.79 bits per heavy atom. The second kappa shape index (κ2) is 7.58. The number of fused-ring (bicyclic) bond motifs is 2. The lowest BCUT2D eigenvalue weighted by Gasteiger charge is -2.39. The van der Waals surface area contributed by atoms with E-state index in [0.717, 1.165) is 34.5 Å². The number of carbonyl (C=O) groups is 1. The molecule has 1 amide bonds. The number of carbonyl (C=O) groups excluding carboxylic acids is 1. The third-order valence-electron chi connectivity index (χ3n) is 6.22. The van der Waals surface area contributed by atoms with Crippen molar-refractivity contribution in [1.29, 1.82) is 0 Å². The molecule has 2 atom stereocenters. The molecule has 5 nitrogen and oxygen atoms in total. The first-order valence-corrected chi connectivity index (χ1v) is 12.0. The molecular weight excluding hydrogens is 400 g/mol. The van der Waals surface area contributed by atoms with Gasteiger partial charge in [-0.05, 0) is 67.2 Å². The summed E-state index contributed by atoms with van der Waals surface area (Å²) in [6.07, 6.45) is 3.47. The summed E-state index contributed by atoms with van der Waals surface area (Å²) in [5.41, 5.74) is 4.13. The molecule has 29 heavy (non-hydrogen) atoms. The molecule has 1 N–H and O–H groups in total. The first-order chi connectivity index (χ1) is 13.6. The highest BCUT2D eigenvalue weighted by Crippen LogP contribution is 2.52. The molecule has 1 aliphatic carbocycles. The van der Waals surface area contributed by atoms with E-state index in [1.165, 1.54) is 40.6 Å². The molecule has 1 aromatic carbocycles. The number of anilines is 2. The van der Waals surface area contributed by atoms with Crippen LogP contribution in [0.4, 0.5) is 10.8 Å². The van der Waals surface area contributed by atoms with E-state index < -0.39 is 0 Å². The largest absolute Gasteiger partial charge is 0.338 e. The lowest BCUT2D eigenvalue weighted by Crippen LogP contribution is -2.38. The molecule has 2 bridgehead atoms. The molecule has 1 saturated heterocycles. The quantitative estimate of drug-likeness (QED) is 0.642. The van der Waals surface area contributed by atoms with Gasteiger partial charge in [-0.1, -0.05) is 49.9 Å². The van der Waals surface area contributed by atoms with E-state index in [1.54, 1.807) is 0 Å². The third-order valence-corrected chi connectivity index (χ3v) is 8.18. The summed E-state index contributed by atoms with van der Waals surface area (Å²) < 4.78 is 0.832. The fourth-order valence-corrected chi connectivity index (χ4v) is 6.88. The van der Waals surface area contributed by atoms with Crippen molar-refractivity contribution in [3.8, 4) is 0 Å². The Morgan fingerprint density at radius 1 is 1.24 bits per heavy atom. The Morgan fingerprint density at radius 2 is 2.03 bits per heavy atom. The Kier molecular flexibility index (Phi) is 5.40. The van der Waals surface area contributed by atoms with Gasteiger partial charge in [-0.15, -0.1) is 10.2 Å². The van der Waals surface area contributed by atoms with Crippen LogP contribution in [-0.2, 0) is 4.79 Å². The topological polar surface area (TPSA) is 58.1 Å². The zero-order chi connectivity index (χ0) is 20.8. The number of hydrogen-bond acceptors (Lipinski definition) is 6. The number of nitrogens with one attached hydrogen (secondary N) is 1. The molecule has 7 heteroatoms. The molecule has 1 aliphatic heterocycles. The van der Waals surface area contributed by atoms with E-state index >= 15 is 0 Å². The first kappa shape index (κ1) is 20.7. The van der Waals surface area contributed by atoms with E-state index in [1.807, 2.05) is 6.07 Å². The highest BCUT2D eigenvalue weighted by atomic mass is 32.2. The van der Waals surface area contributed by atoms with Crippen LogP contribution in [0.3, 0.4) is 0 Å². The van der Waals surface area contributed by atoms with Crippen LogP contribution < -0.4 is 5.32 Å². The zero-order valence-corrected chi connectivity index (χ0v) is 19.5. The highest BCUT2D eigenvalue weighted by molar-refractivity contribution is 8.01. The Bertz CT molecular complexity index is 925. The monoisotopic (exact) mass is 430 g/mol. The number of nitrogens with zero attached hydrogens (tertiary/aromatic N) is 3. The lowest BCUT2D eigenvalue weighted by molar-refractivity contribution is -0.129. The van der Waals surface area contributed by atoms with Crippen LogP contribution in [0.15, 0.2) is 22.5 Å². The SMILES string of the molecule is Cc1ccc(Nc2nnc(SCC(=O)N3CC4(C)CC3CC(C)(C)C4)s2)cc1C. The number of hydrogen-bond donors (Lipinski definition) is 1.